The first kappa shape index (κ1) is 15.1. The van der Waals surface area contributed by atoms with E-state index < -0.39 is 0 Å². The Morgan fingerprint density at radius 2 is 2.00 bits per heavy atom. The zero-order chi connectivity index (χ0) is 16.5. The zero-order valence-corrected chi connectivity index (χ0v) is 13.4. The minimum atomic E-state index is -0.169. The van der Waals surface area contributed by atoms with Gasteiger partial charge in [-0.05, 0) is 25.0 Å². The smallest absolute Gasteiger partial charge is 0.320 e. The number of carbonyl (C=O) groups excluding carboxylic acids is 1. The average molecular weight is 328 g/mol. The molecule has 0 radical (unpaired) electrons. The number of benzene rings is 1. The highest BCUT2D eigenvalue weighted by atomic mass is 16.5. The molecule has 0 saturated carbocycles. The molecule has 1 unspecified atom stereocenters. The van der Waals surface area contributed by atoms with Gasteiger partial charge in [-0.25, -0.2) is 9.78 Å². The molecule has 4 rings (SSSR count). The van der Waals surface area contributed by atoms with Crippen molar-refractivity contribution in [2.24, 2.45) is 0 Å². The van der Waals surface area contributed by atoms with Crippen LogP contribution >= 0.6 is 0 Å². The molecule has 2 saturated heterocycles. The van der Waals surface area contributed by atoms with Gasteiger partial charge in [0.15, 0.2) is 0 Å². The van der Waals surface area contributed by atoms with Crippen LogP contribution in [-0.4, -0.2) is 58.6 Å². The van der Waals surface area contributed by atoms with Crippen molar-refractivity contribution in [1.82, 2.24) is 19.8 Å². The first-order valence-electron chi connectivity index (χ1n) is 8.36. The summed E-state index contributed by atoms with van der Waals surface area (Å²) in [6.45, 7) is 3.08. The molecule has 24 heavy (non-hydrogen) atoms. The van der Waals surface area contributed by atoms with Crippen LogP contribution in [-0.2, 0) is 4.74 Å². The van der Waals surface area contributed by atoms with Gasteiger partial charge in [-0.1, -0.05) is 12.1 Å². The van der Waals surface area contributed by atoms with E-state index >= 15 is 0 Å². The second kappa shape index (κ2) is 6.24. The normalized spacial score (nSPS) is 21.4. The van der Waals surface area contributed by atoms with Crippen LogP contribution in [0.15, 0.2) is 29.1 Å². The molecule has 0 spiro atoms. The lowest BCUT2D eigenvalue weighted by Gasteiger charge is -2.33. The molecule has 1 aromatic heterocycles. The Hall–Kier alpha value is -2.41. The molecule has 2 aliphatic heterocycles. The van der Waals surface area contributed by atoms with E-state index in [1.807, 2.05) is 28.0 Å². The molecule has 3 heterocycles. The summed E-state index contributed by atoms with van der Waals surface area (Å²) in [5.74, 6) is 0.581. The maximum absolute atomic E-state index is 12.8. The SMILES string of the molecule is O=C(N1CCOCC1)N1CCCC1c1nc2ccccc2c(=O)[nH]1. The Labute approximate surface area is 139 Å². The van der Waals surface area contributed by atoms with Gasteiger partial charge in [-0.3, -0.25) is 4.79 Å². The molecule has 7 heteroatoms. The second-order valence-corrected chi connectivity index (χ2v) is 6.20. The molecule has 2 fully saturated rings. The van der Waals surface area contributed by atoms with Gasteiger partial charge < -0.3 is 19.5 Å². The van der Waals surface area contributed by atoms with Gasteiger partial charge in [0, 0.05) is 19.6 Å². The van der Waals surface area contributed by atoms with E-state index in [1.165, 1.54) is 0 Å². The minimum Gasteiger partial charge on any atom is -0.378 e. The van der Waals surface area contributed by atoms with Crippen molar-refractivity contribution in [3.05, 3.63) is 40.4 Å². The highest BCUT2D eigenvalue weighted by Gasteiger charge is 2.34. The van der Waals surface area contributed by atoms with Crippen molar-refractivity contribution in [2.45, 2.75) is 18.9 Å². The molecule has 2 aromatic rings. The Morgan fingerprint density at radius 1 is 1.21 bits per heavy atom. The minimum absolute atomic E-state index is 0.0107. The van der Waals surface area contributed by atoms with Crippen molar-refractivity contribution in [3.8, 4) is 0 Å². The third kappa shape index (κ3) is 2.65. The number of fused-ring (bicyclic) bond motifs is 1. The number of urea groups is 1. The number of aromatic amines is 1. The van der Waals surface area contributed by atoms with Gasteiger partial charge in [0.1, 0.15) is 5.82 Å². The highest BCUT2D eigenvalue weighted by Crippen LogP contribution is 2.31. The lowest BCUT2D eigenvalue weighted by molar-refractivity contribution is 0.0419. The van der Waals surface area contributed by atoms with Crippen molar-refractivity contribution in [3.63, 3.8) is 0 Å². The standard InChI is InChI=1S/C17H20N4O3/c22-16-12-4-1-2-5-13(12)18-15(19-16)14-6-3-7-21(14)17(23)20-8-10-24-11-9-20/h1-2,4-5,14H,3,6-11H2,(H,18,19,22). The van der Waals surface area contributed by atoms with Gasteiger partial charge in [-0.15, -0.1) is 0 Å². The van der Waals surface area contributed by atoms with E-state index in [0.717, 1.165) is 12.8 Å². The van der Waals surface area contributed by atoms with Crippen LogP contribution < -0.4 is 5.56 Å². The van der Waals surface area contributed by atoms with Crippen molar-refractivity contribution >= 4 is 16.9 Å². The Kier molecular flexibility index (Phi) is 3.93. The number of para-hydroxylation sites is 1. The highest BCUT2D eigenvalue weighted by molar-refractivity contribution is 5.78. The molecule has 126 valence electrons. The summed E-state index contributed by atoms with van der Waals surface area (Å²) >= 11 is 0. The monoisotopic (exact) mass is 328 g/mol. The van der Waals surface area contributed by atoms with Crippen LogP contribution in [0.25, 0.3) is 10.9 Å². The van der Waals surface area contributed by atoms with Crippen LogP contribution in [0.5, 0.6) is 0 Å². The summed E-state index contributed by atoms with van der Waals surface area (Å²) in [5.41, 5.74) is 0.517. The number of likely N-dealkylation sites (tertiary alicyclic amines) is 1. The fourth-order valence-electron chi connectivity index (χ4n) is 3.48. The molecule has 7 nitrogen and oxygen atoms in total. The quantitative estimate of drug-likeness (QED) is 0.861. The average Bonchev–Trinajstić information content (AvgIpc) is 3.11. The van der Waals surface area contributed by atoms with Gasteiger partial charge in [0.25, 0.3) is 5.56 Å². The van der Waals surface area contributed by atoms with E-state index in [0.29, 0.717) is 49.6 Å². The number of hydrogen-bond acceptors (Lipinski definition) is 4. The number of rotatable bonds is 1. The fourth-order valence-corrected chi connectivity index (χ4v) is 3.48. The maximum atomic E-state index is 12.8. The van der Waals surface area contributed by atoms with E-state index in [4.69, 9.17) is 4.74 Å². The first-order chi connectivity index (χ1) is 11.7. The van der Waals surface area contributed by atoms with E-state index in [2.05, 4.69) is 9.97 Å². The maximum Gasteiger partial charge on any atom is 0.320 e. The fraction of sp³-hybridized carbons (Fsp3) is 0.471. The van der Waals surface area contributed by atoms with Gasteiger partial charge in [0.05, 0.1) is 30.2 Å². The van der Waals surface area contributed by atoms with E-state index in [1.54, 1.807) is 6.07 Å². The lowest BCUT2D eigenvalue weighted by atomic mass is 10.2. The largest absolute Gasteiger partial charge is 0.378 e. The number of nitrogens with zero attached hydrogens (tertiary/aromatic N) is 3. The molecular weight excluding hydrogens is 308 g/mol. The van der Waals surface area contributed by atoms with Crippen LogP contribution in [0.1, 0.15) is 24.7 Å². The van der Waals surface area contributed by atoms with Gasteiger partial charge in [-0.2, -0.15) is 0 Å². The number of nitrogens with one attached hydrogen (secondary N) is 1. The molecule has 1 aromatic carbocycles. The Bertz CT molecular complexity index is 813. The summed E-state index contributed by atoms with van der Waals surface area (Å²) in [7, 11) is 0. The molecule has 0 aliphatic carbocycles. The zero-order valence-electron chi connectivity index (χ0n) is 13.4. The van der Waals surface area contributed by atoms with Crippen LogP contribution in [0.4, 0.5) is 4.79 Å². The summed E-state index contributed by atoms with van der Waals surface area (Å²) in [6.07, 6.45) is 1.73. The Balaban J connectivity index is 1.65. The van der Waals surface area contributed by atoms with E-state index in [9.17, 15) is 9.59 Å². The molecular formula is C17H20N4O3. The second-order valence-electron chi connectivity index (χ2n) is 6.20. The third-order valence-electron chi connectivity index (χ3n) is 4.73. The van der Waals surface area contributed by atoms with Crippen molar-refractivity contribution < 1.29 is 9.53 Å². The number of H-pyrrole nitrogens is 1. The molecule has 0 bridgehead atoms. The summed E-state index contributed by atoms with van der Waals surface area (Å²) < 4.78 is 5.32. The summed E-state index contributed by atoms with van der Waals surface area (Å²) in [6, 6.07) is 7.12. The van der Waals surface area contributed by atoms with Crippen molar-refractivity contribution in [1.29, 1.82) is 0 Å². The van der Waals surface area contributed by atoms with Crippen molar-refractivity contribution in [2.75, 3.05) is 32.8 Å². The third-order valence-corrected chi connectivity index (χ3v) is 4.73. The predicted octanol–water partition coefficient (Wildman–Crippen LogP) is 1.51. The predicted molar refractivity (Wildman–Crippen MR) is 88.8 cm³/mol. The molecule has 1 N–H and O–H groups in total. The number of morpholine rings is 1. The first-order valence-corrected chi connectivity index (χ1v) is 8.36. The summed E-state index contributed by atoms with van der Waals surface area (Å²) in [4.78, 5) is 36.2. The summed E-state index contributed by atoms with van der Waals surface area (Å²) in [5, 5.41) is 0.574. The molecule has 2 aliphatic rings. The van der Waals surface area contributed by atoms with Gasteiger partial charge >= 0.3 is 6.03 Å². The van der Waals surface area contributed by atoms with Crippen LogP contribution in [0.2, 0.25) is 0 Å². The van der Waals surface area contributed by atoms with E-state index in [-0.39, 0.29) is 17.6 Å². The molecule has 2 amide bonds. The number of amides is 2. The number of carbonyl (C=O) groups is 1. The lowest BCUT2D eigenvalue weighted by Crippen LogP contribution is -2.48. The Morgan fingerprint density at radius 3 is 2.83 bits per heavy atom. The molecule has 1 atom stereocenters. The van der Waals surface area contributed by atoms with Gasteiger partial charge in [0.2, 0.25) is 0 Å². The number of aromatic nitrogens is 2. The number of hydrogen-bond donors (Lipinski definition) is 1. The topological polar surface area (TPSA) is 78.5 Å². The van der Waals surface area contributed by atoms with Crippen LogP contribution in [0.3, 0.4) is 0 Å². The number of ether oxygens (including phenoxy) is 1. The van der Waals surface area contributed by atoms with Crippen LogP contribution in [0, 0.1) is 0 Å².